The summed E-state index contributed by atoms with van der Waals surface area (Å²) in [4.78, 5) is 0. The first kappa shape index (κ1) is 15.9. The van der Waals surface area contributed by atoms with Gasteiger partial charge < -0.3 is 5.32 Å². The summed E-state index contributed by atoms with van der Waals surface area (Å²) < 4.78 is 0.489. The van der Waals surface area contributed by atoms with Crippen LogP contribution in [0.4, 0.5) is 0 Å². The van der Waals surface area contributed by atoms with E-state index >= 15 is 0 Å². The topological polar surface area (TPSA) is 35.8 Å². The number of rotatable bonds is 7. The van der Waals surface area contributed by atoms with Gasteiger partial charge in [-0.3, -0.25) is 0 Å². The van der Waals surface area contributed by atoms with Crippen molar-refractivity contribution in [3.63, 3.8) is 0 Å². The molecule has 18 heavy (non-hydrogen) atoms. The van der Waals surface area contributed by atoms with Crippen LogP contribution in [0.1, 0.15) is 58.8 Å². The summed E-state index contributed by atoms with van der Waals surface area (Å²) in [5.41, 5.74) is -0.163. The maximum Gasteiger partial charge on any atom is 0.0683 e. The van der Waals surface area contributed by atoms with Crippen molar-refractivity contribution in [1.29, 1.82) is 5.26 Å². The lowest BCUT2D eigenvalue weighted by Gasteiger charge is -2.36. The molecule has 1 fully saturated rings. The van der Waals surface area contributed by atoms with Gasteiger partial charge in [-0.1, -0.05) is 19.3 Å². The van der Waals surface area contributed by atoms with Gasteiger partial charge in [-0.2, -0.15) is 17.0 Å². The average molecular weight is 268 g/mol. The monoisotopic (exact) mass is 268 g/mol. The Balaban J connectivity index is 2.18. The van der Waals surface area contributed by atoms with Crippen molar-refractivity contribution >= 4 is 11.8 Å². The normalized spacial score (nSPS) is 19.4. The second kappa shape index (κ2) is 7.40. The van der Waals surface area contributed by atoms with Crippen LogP contribution in [-0.4, -0.2) is 24.1 Å². The summed E-state index contributed by atoms with van der Waals surface area (Å²) >= 11 is 2.05. The van der Waals surface area contributed by atoms with Crippen molar-refractivity contribution in [3.8, 4) is 6.07 Å². The van der Waals surface area contributed by atoms with Crippen LogP contribution in [0.25, 0.3) is 0 Å². The van der Waals surface area contributed by atoms with E-state index in [-0.39, 0.29) is 5.41 Å². The zero-order valence-corrected chi connectivity index (χ0v) is 13.0. The van der Waals surface area contributed by atoms with Gasteiger partial charge in [-0.05, 0) is 52.3 Å². The van der Waals surface area contributed by atoms with Crippen molar-refractivity contribution in [1.82, 2.24) is 5.32 Å². The van der Waals surface area contributed by atoms with Crippen LogP contribution in [0.2, 0.25) is 0 Å². The quantitative estimate of drug-likeness (QED) is 0.710. The molecule has 0 bridgehead atoms. The maximum absolute atomic E-state index is 8.96. The Morgan fingerprint density at radius 3 is 2.50 bits per heavy atom. The Hall–Kier alpha value is -0.200. The second-order valence-corrected chi connectivity index (χ2v) is 7.50. The molecule has 0 heterocycles. The fourth-order valence-corrected chi connectivity index (χ4v) is 3.62. The van der Waals surface area contributed by atoms with Gasteiger partial charge in [0.2, 0.25) is 0 Å². The molecule has 0 aromatic heterocycles. The molecule has 104 valence electrons. The van der Waals surface area contributed by atoms with Gasteiger partial charge in [0.25, 0.3) is 0 Å². The Morgan fingerprint density at radius 1 is 1.28 bits per heavy atom. The molecular formula is C15H28N2S. The van der Waals surface area contributed by atoms with E-state index in [1.54, 1.807) is 0 Å². The van der Waals surface area contributed by atoms with E-state index in [9.17, 15) is 0 Å². The largest absolute Gasteiger partial charge is 0.315 e. The summed E-state index contributed by atoms with van der Waals surface area (Å²) in [6, 6.07) is 2.37. The minimum absolute atomic E-state index is 0.163. The van der Waals surface area contributed by atoms with Crippen LogP contribution in [0.15, 0.2) is 0 Å². The van der Waals surface area contributed by atoms with E-state index in [1.807, 2.05) is 25.6 Å². The van der Waals surface area contributed by atoms with Gasteiger partial charge in [-0.15, -0.1) is 0 Å². The van der Waals surface area contributed by atoms with E-state index in [4.69, 9.17) is 5.26 Å². The van der Waals surface area contributed by atoms with E-state index in [0.717, 1.165) is 25.9 Å². The molecule has 0 atom stereocenters. The van der Waals surface area contributed by atoms with Gasteiger partial charge in [-0.25, -0.2) is 0 Å². The summed E-state index contributed by atoms with van der Waals surface area (Å²) in [6.45, 7) is 6.24. The van der Waals surface area contributed by atoms with Crippen molar-refractivity contribution in [2.24, 2.45) is 5.41 Å². The second-order valence-electron chi connectivity index (χ2n) is 6.22. The molecule has 0 spiro atoms. The standard InChI is InChI=1S/C15H28N2S/c1-14(2,12-16)8-7-11-17-13-15(18-3)9-5-4-6-10-15/h17H,4-11,13H2,1-3H3. The molecule has 0 amide bonds. The van der Waals surface area contributed by atoms with E-state index < -0.39 is 0 Å². The number of thioether (sulfide) groups is 1. The highest BCUT2D eigenvalue weighted by atomic mass is 32.2. The molecule has 0 unspecified atom stereocenters. The van der Waals surface area contributed by atoms with Crippen molar-refractivity contribution in [2.45, 2.75) is 63.5 Å². The van der Waals surface area contributed by atoms with Crippen LogP contribution in [0.5, 0.6) is 0 Å². The highest BCUT2D eigenvalue weighted by Crippen LogP contribution is 2.37. The maximum atomic E-state index is 8.96. The predicted molar refractivity (Wildman–Crippen MR) is 80.8 cm³/mol. The lowest BCUT2D eigenvalue weighted by atomic mass is 9.88. The minimum Gasteiger partial charge on any atom is -0.315 e. The molecule has 2 nitrogen and oxygen atoms in total. The third-order valence-corrected chi connectivity index (χ3v) is 5.52. The number of nitriles is 1. The minimum atomic E-state index is -0.163. The molecule has 0 aromatic carbocycles. The number of nitrogens with one attached hydrogen (secondary N) is 1. The fraction of sp³-hybridized carbons (Fsp3) is 0.933. The van der Waals surface area contributed by atoms with Crippen LogP contribution in [0, 0.1) is 16.7 Å². The Kier molecular flexibility index (Phi) is 6.52. The average Bonchev–Trinajstić information content (AvgIpc) is 2.39. The Labute approximate surface area is 117 Å². The third kappa shape index (κ3) is 5.20. The highest BCUT2D eigenvalue weighted by Gasteiger charge is 2.30. The van der Waals surface area contributed by atoms with E-state index in [0.29, 0.717) is 4.75 Å². The molecule has 1 rings (SSSR count). The number of nitrogens with zero attached hydrogens (tertiary/aromatic N) is 1. The number of hydrogen-bond donors (Lipinski definition) is 1. The summed E-state index contributed by atoms with van der Waals surface area (Å²) in [5.74, 6) is 0. The molecule has 0 aliphatic heterocycles. The van der Waals surface area contributed by atoms with Gasteiger partial charge in [0.05, 0.1) is 11.5 Å². The van der Waals surface area contributed by atoms with E-state index in [2.05, 4.69) is 17.6 Å². The van der Waals surface area contributed by atoms with Crippen molar-refractivity contribution in [3.05, 3.63) is 0 Å². The Morgan fingerprint density at radius 2 is 1.94 bits per heavy atom. The summed E-state index contributed by atoms with van der Waals surface area (Å²) in [6.07, 6.45) is 11.3. The van der Waals surface area contributed by atoms with Crippen LogP contribution in [0.3, 0.4) is 0 Å². The van der Waals surface area contributed by atoms with Crippen LogP contribution in [-0.2, 0) is 0 Å². The lowest BCUT2D eigenvalue weighted by Crippen LogP contribution is -2.39. The smallest absolute Gasteiger partial charge is 0.0683 e. The molecule has 1 aliphatic rings. The lowest BCUT2D eigenvalue weighted by molar-refractivity contribution is 0.370. The number of hydrogen-bond acceptors (Lipinski definition) is 3. The van der Waals surface area contributed by atoms with Gasteiger partial charge in [0.15, 0.2) is 0 Å². The predicted octanol–water partition coefficient (Wildman–Crippen LogP) is 3.97. The van der Waals surface area contributed by atoms with Gasteiger partial charge in [0, 0.05) is 11.3 Å². The molecule has 0 radical (unpaired) electrons. The fourth-order valence-electron chi connectivity index (χ4n) is 2.68. The summed E-state index contributed by atoms with van der Waals surface area (Å²) in [7, 11) is 0. The molecule has 1 N–H and O–H groups in total. The molecular weight excluding hydrogens is 240 g/mol. The van der Waals surface area contributed by atoms with Crippen molar-refractivity contribution < 1.29 is 0 Å². The summed E-state index contributed by atoms with van der Waals surface area (Å²) in [5, 5.41) is 12.6. The zero-order valence-electron chi connectivity index (χ0n) is 12.2. The molecule has 0 aromatic rings. The molecule has 1 aliphatic carbocycles. The molecule has 0 saturated heterocycles. The molecule has 3 heteroatoms. The molecule has 1 saturated carbocycles. The first-order valence-electron chi connectivity index (χ1n) is 7.21. The van der Waals surface area contributed by atoms with Gasteiger partial charge >= 0.3 is 0 Å². The van der Waals surface area contributed by atoms with Crippen molar-refractivity contribution in [2.75, 3.05) is 19.3 Å². The first-order chi connectivity index (χ1) is 8.54. The first-order valence-corrected chi connectivity index (χ1v) is 8.43. The third-order valence-electron chi connectivity index (χ3n) is 4.10. The zero-order chi connectivity index (χ0) is 13.5. The Bertz CT molecular complexity index is 275. The van der Waals surface area contributed by atoms with Crippen LogP contribution >= 0.6 is 11.8 Å². The highest BCUT2D eigenvalue weighted by molar-refractivity contribution is 8.00. The SMILES string of the molecule is CSC1(CNCCCC(C)(C)C#N)CCCCC1. The van der Waals surface area contributed by atoms with E-state index in [1.165, 1.54) is 32.1 Å². The van der Waals surface area contributed by atoms with Gasteiger partial charge in [0.1, 0.15) is 0 Å². The van der Waals surface area contributed by atoms with Crippen LogP contribution < -0.4 is 5.32 Å².